The monoisotopic (exact) mass is 235 g/mol. The highest BCUT2D eigenvalue weighted by atomic mass is 32.2. The molecule has 0 aliphatic rings. The number of anilines is 1. The minimum atomic E-state index is 0.727. The van der Waals surface area contributed by atoms with E-state index in [9.17, 15) is 0 Å². The molecule has 0 unspecified atom stereocenters. The normalized spacial score (nSPS) is 10.6. The second kappa shape index (κ2) is 4.52. The van der Waals surface area contributed by atoms with Crippen LogP contribution in [0.3, 0.4) is 0 Å². The fraction of sp³-hybridized carbons (Fsp3) is 0.300. The van der Waals surface area contributed by atoms with Crippen LogP contribution >= 0.6 is 11.8 Å². The number of rotatable bonds is 3. The van der Waals surface area contributed by atoms with Gasteiger partial charge in [0.15, 0.2) is 0 Å². The van der Waals surface area contributed by atoms with Crippen LogP contribution in [0.4, 0.5) is 5.69 Å². The van der Waals surface area contributed by atoms with E-state index in [1.165, 1.54) is 18.1 Å². The van der Waals surface area contributed by atoms with Crippen molar-refractivity contribution in [1.82, 2.24) is 19.7 Å². The van der Waals surface area contributed by atoms with Gasteiger partial charge in [0.25, 0.3) is 0 Å². The summed E-state index contributed by atoms with van der Waals surface area (Å²) in [5.41, 5.74) is 7.57. The van der Waals surface area contributed by atoms with E-state index >= 15 is 0 Å². The zero-order chi connectivity index (χ0) is 11.5. The number of hydrogen-bond acceptors (Lipinski definition) is 5. The van der Waals surface area contributed by atoms with Crippen molar-refractivity contribution in [3.8, 4) is 0 Å². The molecule has 6 heteroatoms. The van der Waals surface area contributed by atoms with Crippen LogP contribution in [0.5, 0.6) is 0 Å². The number of aryl methyl sites for hydroxylation is 2. The molecule has 5 nitrogen and oxygen atoms in total. The molecule has 84 valence electrons. The van der Waals surface area contributed by atoms with Crippen molar-refractivity contribution in [2.75, 3.05) is 5.73 Å². The van der Waals surface area contributed by atoms with Gasteiger partial charge in [0.2, 0.25) is 0 Å². The molecule has 0 saturated heterocycles. The third-order valence-electron chi connectivity index (χ3n) is 2.18. The first kappa shape index (κ1) is 10.9. The molecule has 2 heterocycles. The molecule has 0 spiro atoms. The van der Waals surface area contributed by atoms with Gasteiger partial charge in [-0.15, -0.1) is 0 Å². The number of hydrogen-bond donors (Lipinski definition) is 1. The van der Waals surface area contributed by atoms with Gasteiger partial charge in [-0.2, -0.15) is 5.10 Å². The lowest BCUT2D eigenvalue weighted by atomic mass is 10.4. The van der Waals surface area contributed by atoms with E-state index in [1.54, 1.807) is 6.20 Å². The summed E-state index contributed by atoms with van der Waals surface area (Å²) in [4.78, 5) is 8.03. The Morgan fingerprint density at radius 1 is 1.50 bits per heavy atom. The smallest absolute Gasteiger partial charge is 0.123 e. The molecule has 0 saturated carbocycles. The van der Waals surface area contributed by atoms with E-state index in [2.05, 4.69) is 15.1 Å². The molecular weight excluding hydrogens is 222 g/mol. The highest BCUT2D eigenvalue weighted by molar-refractivity contribution is 7.99. The minimum Gasteiger partial charge on any atom is -0.395 e. The first-order chi connectivity index (χ1) is 7.72. The second-order valence-electron chi connectivity index (χ2n) is 3.27. The van der Waals surface area contributed by atoms with Crippen molar-refractivity contribution < 1.29 is 0 Å². The third-order valence-corrected chi connectivity index (χ3v) is 3.26. The Balaban J connectivity index is 2.34. The summed E-state index contributed by atoms with van der Waals surface area (Å²) in [6.07, 6.45) is 3.24. The van der Waals surface area contributed by atoms with E-state index in [0.29, 0.717) is 0 Å². The average Bonchev–Trinajstić information content (AvgIpc) is 2.58. The lowest BCUT2D eigenvalue weighted by molar-refractivity contribution is 0.602. The van der Waals surface area contributed by atoms with Crippen molar-refractivity contribution >= 4 is 17.4 Å². The molecular formula is C10H13N5S. The van der Waals surface area contributed by atoms with Gasteiger partial charge in [0, 0.05) is 12.7 Å². The zero-order valence-corrected chi connectivity index (χ0v) is 10.0. The molecule has 2 rings (SSSR count). The van der Waals surface area contributed by atoms with Crippen molar-refractivity contribution in [1.29, 1.82) is 0 Å². The van der Waals surface area contributed by atoms with Crippen LogP contribution < -0.4 is 5.73 Å². The number of nitrogens with two attached hydrogens (primary N) is 1. The predicted molar refractivity (Wildman–Crippen MR) is 63.2 cm³/mol. The van der Waals surface area contributed by atoms with Crippen molar-refractivity contribution in [3.63, 3.8) is 0 Å². The van der Waals surface area contributed by atoms with Crippen LogP contribution in [0.1, 0.15) is 12.6 Å². The van der Waals surface area contributed by atoms with Gasteiger partial charge in [-0.3, -0.25) is 4.68 Å². The van der Waals surface area contributed by atoms with Crippen LogP contribution in [-0.2, 0) is 6.54 Å². The Hall–Kier alpha value is -1.56. The minimum absolute atomic E-state index is 0.727. The van der Waals surface area contributed by atoms with Gasteiger partial charge in [-0.05, 0) is 31.7 Å². The summed E-state index contributed by atoms with van der Waals surface area (Å²) in [6, 6.07) is 1.85. The Morgan fingerprint density at radius 2 is 2.31 bits per heavy atom. The maximum atomic E-state index is 5.98. The van der Waals surface area contributed by atoms with Crippen LogP contribution in [0.25, 0.3) is 0 Å². The third kappa shape index (κ3) is 2.01. The molecule has 0 aromatic carbocycles. The van der Waals surface area contributed by atoms with Gasteiger partial charge >= 0.3 is 0 Å². The molecule has 0 aliphatic heterocycles. The molecule has 0 amide bonds. The van der Waals surface area contributed by atoms with E-state index < -0.39 is 0 Å². The van der Waals surface area contributed by atoms with E-state index in [0.717, 1.165) is 28.0 Å². The van der Waals surface area contributed by atoms with Crippen LogP contribution in [0.2, 0.25) is 0 Å². The molecule has 0 radical (unpaired) electrons. The number of nitrogens with zero attached hydrogens (tertiary/aromatic N) is 4. The summed E-state index contributed by atoms with van der Waals surface area (Å²) < 4.78 is 1.89. The summed E-state index contributed by atoms with van der Waals surface area (Å²) >= 11 is 1.51. The molecule has 16 heavy (non-hydrogen) atoms. The largest absolute Gasteiger partial charge is 0.395 e. The molecule has 0 bridgehead atoms. The Labute approximate surface area is 98.1 Å². The Kier molecular flexibility index (Phi) is 3.09. The van der Waals surface area contributed by atoms with E-state index in [1.807, 2.05) is 24.6 Å². The van der Waals surface area contributed by atoms with Gasteiger partial charge in [0.05, 0.1) is 11.4 Å². The van der Waals surface area contributed by atoms with Crippen molar-refractivity contribution in [2.24, 2.45) is 0 Å². The van der Waals surface area contributed by atoms with Crippen LogP contribution in [-0.4, -0.2) is 19.7 Å². The summed E-state index contributed by atoms with van der Waals surface area (Å²) in [6.45, 7) is 4.74. The maximum Gasteiger partial charge on any atom is 0.123 e. The summed E-state index contributed by atoms with van der Waals surface area (Å²) in [5.74, 6) is 0. The zero-order valence-electron chi connectivity index (χ0n) is 9.21. The molecule has 2 aromatic heterocycles. The van der Waals surface area contributed by atoms with Crippen molar-refractivity contribution in [2.45, 2.75) is 30.4 Å². The lowest BCUT2D eigenvalue weighted by Crippen LogP contribution is -1.99. The van der Waals surface area contributed by atoms with Crippen molar-refractivity contribution in [3.05, 3.63) is 24.3 Å². The van der Waals surface area contributed by atoms with Gasteiger partial charge in [0.1, 0.15) is 16.4 Å². The highest BCUT2D eigenvalue weighted by Crippen LogP contribution is 2.32. The fourth-order valence-corrected chi connectivity index (χ4v) is 2.29. The van der Waals surface area contributed by atoms with Gasteiger partial charge in [-0.25, -0.2) is 9.97 Å². The standard InChI is InChI=1S/C10H13N5S/c1-3-15-10(9(11)7(2)14-15)16-8-4-5-12-6-13-8/h4-6H,3,11H2,1-2H3. The molecule has 0 atom stereocenters. The highest BCUT2D eigenvalue weighted by Gasteiger charge is 2.13. The average molecular weight is 235 g/mol. The first-order valence-electron chi connectivity index (χ1n) is 4.99. The quantitative estimate of drug-likeness (QED) is 0.820. The maximum absolute atomic E-state index is 5.98. The second-order valence-corrected chi connectivity index (χ2v) is 4.28. The number of nitrogen functional groups attached to an aromatic ring is 1. The number of aromatic nitrogens is 4. The molecule has 2 aromatic rings. The first-order valence-corrected chi connectivity index (χ1v) is 5.80. The predicted octanol–water partition coefficient (Wildman–Crippen LogP) is 1.73. The lowest BCUT2D eigenvalue weighted by Gasteiger charge is -2.03. The molecule has 0 aliphatic carbocycles. The topological polar surface area (TPSA) is 69.6 Å². The fourth-order valence-electron chi connectivity index (χ4n) is 1.33. The summed E-state index contributed by atoms with van der Waals surface area (Å²) in [5, 5.41) is 6.17. The molecule has 2 N–H and O–H groups in total. The van der Waals surface area contributed by atoms with Gasteiger partial charge in [-0.1, -0.05) is 0 Å². The van der Waals surface area contributed by atoms with Gasteiger partial charge < -0.3 is 5.73 Å². The van der Waals surface area contributed by atoms with Crippen LogP contribution in [0.15, 0.2) is 28.6 Å². The van der Waals surface area contributed by atoms with Crippen LogP contribution in [0, 0.1) is 6.92 Å². The Morgan fingerprint density at radius 3 is 2.94 bits per heavy atom. The SMILES string of the molecule is CCn1nc(C)c(N)c1Sc1ccncn1. The van der Waals surface area contributed by atoms with E-state index in [-0.39, 0.29) is 0 Å². The molecule has 0 fully saturated rings. The Bertz CT molecular complexity index is 479. The summed E-state index contributed by atoms with van der Waals surface area (Å²) in [7, 11) is 0. The van der Waals surface area contributed by atoms with E-state index in [4.69, 9.17) is 5.73 Å².